The third-order valence-corrected chi connectivity index (χ3v) is 3.44. The lowest BCUT2D eigenvalue weighted by molar-refractivity contribution is -0.145. The van der Waals surface area contributed by atoms with Gasteiger partial charge in [-0.15, -0.1) is 0 Å². The van der Waals surface area contributed by atoms with Gasteiger partial charge in [0.15, 0.2) is 0 Å². The van der Waals surface area contributed by atoms with Gasteiger partial charge in [-0.25, -0.2) is 0 Å². The third-order valence-electron chi connectivity index (χ3n) is 3.44. The molecule has 1 rings (SSSR count). The maximum atomic E-state index is 11.6. The average molecular weight is 271 g/mol. The average Bonchev–Trinajstić information content (AvgIpc) is 2.38. The molecule has 0 aliphatic carbocycles. The molecule has 1 aliphatic heterocycles. The summed E-state index contributed by atoms with van der Waals surface area (Å²) >= 11 is 0. The Hall–Kier alpha value is -0.650. The Balaban J connectivity index is 2.10. The van der Waals surface area contributed by atoms with Crippen molar-refractivity contribution in [2.75, 3.05) is 66.5 Å². The molecular weight excluding hydrogens is 242 g/mol. The van der Waals surface area contributed by atoms with E-state index >= 15 is 0 Å². The molecule has 5 nitrogen and oxygen atoms in total. The number of rotatable bonds is 8. The third kappa shape index (κ3) is 7.50. The van der Waals surface area contributed by atoms with Gasteiger partial charge in [0.05, 0.1) is 13.2 Å². The topological polar surface area (TPSA) is 36.0 Å². The van der Waals surface area contributed by atoms with Crippen LogP contribution in [0.15, 0.2) is 0 Å². The van der Waals surface area contributed by atoms with E-state index in [1.165, 1.54) is 0 Å². The van der Waals surface area contributed by atoms with Crippen LogP contribution in [0.2, 0.25) is 0 Å². The van der Waals surface area contributed by atoms with Gasteiger partial charge in [-0.2, -0.15) is 0 Å². The largest absolute Gasteiger partial charge is 0.465 e. The van der Waals surface area contributed by atoms with E-state index in [0.717, 1.165) is 52.1 Å². The molecule has 0 atom stereocenters. The molecule has 0 amide bonds. The number of piperazine rings is 1. The van der Waals surface area contributed by atoms with Gasteiger partial charge in [-0.3, -0.25) is 14.6 Å². The molecule has 0 saturated carbocycles. The Kier molecular flexibility index (Phi) is 8.02. The minimum absolute atomic E-state index is 0.0739. The van der Waals surface area contributed by atoms with Crippen molar-refractivity contribution in [2.24, 2.45) is 0 Å². The van der Waals surface area contributed by atoms with E-state index in [-0.39, 0.29) is 5.97 Å². The first kappa shape index (κ1) is 16.4. The standard InChI is InChI=1S/C14H29N3O2/c1-4-5-12-19-14(18)13-17-10-8-16(9-11-17)7-6-15(2)3/h4-13H2,1-3H3. The molecule has 1 aliphatic rings. The molecule has 0 N–H and O–H groups in total. The van der Waals surface area contributed by atoms with Crippen molar-refractivity contribution in [1.29, 1.82) is 0 Å². The van der Waals surface area contributed by atoms with E-state index in [1.807, 2.05) is 0 Å². The lowest BCUT2D eigenvalue weighted by Gasteiger charge is -2.34. The molecule has 0 aromatic heterocycles. The molecule has 0 bridgehead atoms. The Bertz CT molecular complexity index is 251. The second kappa shape index (κ2) is 9.28. The number of likely N-dealkylation sites (N-methyl/N-ethyl adjacent to an activating group) is 1. The van der Waals surface area contributed by atoms with E-state index in [9.17, 15) is 4.79 Å². The number of hydrogen-bond donors (Lipinski definition) is 0. The summed E-state index contributed by atoms with van der Waals surface area (Å²) in [5, 5.41) is 0. The fourth-order valence-corrected chi connectivity index (χ4v) is 2.07. The number of nitrogens with zero attached hydrogens (tertiary/aromatic N) is 3. The van der Waals surface area contributed by atoms with Gasteiger partial charge in [-0.05, 0) is 20.5 Å². The summed E-state index contributed by atoms with van der Waals surface area (Å²) in [7, 11) is 4.20. The minimum atomic E-state index is -0.0739. The predicted molar refractivity (Wildman–Crippen MR) is 77.3 cm³/mol. The summed E-state index contributed by atoms with van der Waals surface area (Å²) in [6.45, 7) is 9.36. The second-order valence-corrected chi connectivity index (χ2v) is 5.50. The molecule has 1 fully saturated rings. The zero-order valence-electron chi connectivity index (χ0n) is 12.7. The fourth-order valence-electron chi connectivity index (χ4n) is 2.07. The molecular formula is C14H29N3O2. The molecule has 1 saturated heterocycles. The van der Waals surface area contributed by atoms with Crippen molar-refractivity contribution in [1.82, 2.24) is 14.7 Å². The number of esters is 1. The number of ether oxygens (including phenoxy) is 1. The van der Waals surface area contributed by atoms with Gasteiger partial charge < -0.3 is 9.64 Å². The molecule has 0 aromatic carbocycles. The summed E-state index contributed by atoms with van der Waals surface area (Å²) in [5.41, 5.74) is 0. The number of unbranched alkanes of at least 4 members (excludes halogenated alkanes) is 1. The Morgan fingerprint density at radius 2 is 1.79 bits per heavy atom. The van der Waals surface area contributed by atoms with Crippen LogP contribution >= 0.6 is 0 Å². The fraction of sp³-hybridized carbons (Fsp3) is 0.929. The monoisotopic (exact) mass is 271 g/mol. The highest BCUT2D eigenvalue weighted by molar-refractivity contribution is 5.71. The van der Waals surface area contributed by atoms with E-state index < -0.39 is 0 Å². The second-order valence-electron chi connectivity index (χ2n) is 5.50. The van der Waals surface area contributed by atoms with E-state index in [0.29, 0.717) is 13.2 Å². The normalized spacial score (nSPS) is 17.9. The Morgan fingerprint density at radius 3 is 2.37 bits per heavy atom. The summed E-state index contributed by atoms with van der Waals surface area (Å²) < 4.78 is 5.19. The van der Waals surface area contributed by atoms with Crippen molar-refractivity contribution < 1.29 is 9.53 Å². The van der Waals surface area contributed by atoms with Crippen molar-refractivity contribution in [3.05, 3.63) is 0 Å². The highest BCUT2D eigenvalue weighted by atomic mass is 16.5. The van der Waals surface area contributed by atoms with Crippen LogP contribution in [-0.4, -0.2) is 87.2 Å². The van der Waals surface area contributed by atoms with Crippen molar-refractivity contribution >= 4 is 5.97 Å². The smallest absolute Gasteiger partial charge is 0.320 e. The maximum Gasteiger partial charge on any atom is 0.320 e. The van der Waals surface area contributed by atoms with Crippen LogP contribution in [0.3, 0.4) is 0 Å². The quantitative estimate of drug-likeness (QED) is 0.475. The predicted octanol–water partition coefficient (Wildman–Crippen LogP) is 0.509. The summed E-state index contributed by atoms with van der Waals surface area (Å²) in [5.74, 6) is -0.0739. The zero-order chi connectivity index (χ0) is 14.1. The Labute approximate surface area is 117 Å². The molecule has 0 unspecified atom stereocenters. The molecule has 0 spiro atoms. The zero-order valence-corrected chi connectivity index (χ0v) is 12.7. The van der Waals surface area contributed by atoms with E-state index in [2.05, 4.69) is 35.7 Å². The van der Waals surface area contributed by atoms with Gasteiger partial charge in [-0.1, -0.05) is 13.3 Å². The summed E-state index contributed by atoms with van der Waals surface area (Å²) in [4.78, 5) is 18.5. The molecule has 5 heteroatoms. The molecule has 0 aromatic rings. The molecule has 112 valence electrons. The van der Waals surface area contributed by atoms with Crippen molar-refractivity contribution in [3.63, 3.8) is 0 Å². The van der Waals surface area contributed by atoms with Crippen LogP contribution in [-0.2, 0) is 9.53 Å². The Morgan fingerprint density at radius 1 is 1.16 bits per heavy atom. The summed E-state index contributed by atoms with van der Waals surface area (Å²) in [6.07, 6.45) is 2.03. The van der Waals surface area contributed by atoms with Gasteiger partial charge in [0.25, 0.3) is 0 Å². The number of hydrogen-bond acceptors (Lipinski definition) is 5. The van der Waals surface area contributed by atoms with Crippen LogP contribution in [0.4, 0.5) is 0 Å². The van der Waals surface area contributed by atoms with Gasteiger partial charge in [0.1, 0.15) is 0 Å². The molecule has 1 heterocycles. The molecule has 0 radical (unpaired) electrons. The van der Waals surface area contributed by atoms with Crippen LogP contribution in [0.1, 0.15) is 19.8 Å². The van der Waals surface area contributed by atoms with Gasteiger partial charge in [0, 0.05) is 39.3 Å². The molecule has 19 heavy (non-hydrogen) atoms. The van der Waals surface area contributed by atoms with E-state index in [4.69, 9.17) is 4.74 Å². The van der Waals surface area contributed by atoms with Crippen LogP contribution in [0.25, 0.3) is 0 Å². The number of carbonyl (C=O) groups is 1. The first-order valence-electron chi connectivity index (χ1n) is 7.37. The SMILES string of the molecule is CCCCOC(=O)CN1CCN(CCN(C)C)CC1. The lowest BCUT2D eigenvalue weighted by atomic mass is 10.3. The highest BCUT2D eigenvalue weighted by Crippen LogP contribution is 2.02. The lowest BCUT2D eigenvalue weighted by Crippen LogP contribution is -2.49. The minimum Gasteiger partial charge on any atom is -0.465 e. The van der Waals surface area contributed by atoms with Crippen LogP contribution < -0.4 is 0 Å². The van der Waals surface area contributed by atoms with Crippen molar-refractivity contribution in [2.45, 2.75) is 19.8 Å². The van der Waals surface area contributed by atoms with Crippen LogP contribution in [0.5, 0.6) is 0 Å². The van der Waals surface area contributed by atoms with E-state index in [1.54, 1.807) is 0 Å². The highest BCUT2D eigenvalue weighted by Gasteiger charge is 2.19. The first-order chi connectivity index (χ1) is 9.11. The van der Waals surface area contributed by atoms with Crippen LogP contribution in [0, 0.1) is 0 Å². The van der Waals surface area contributed by atoms with Gasteiger partial charge in [0.2, 0.25) is 0 Å². The van der Waals surface area contributed by atoms with Gasteiger partial charge >= 0.3 is 5.97 Å². The first-order valence-corrected chi connectivity index (χ1v) is 7.37. The maximum absolute atomic E-state index is 11.6. The number of carbonyl (C=O) groups excluding carboxylic acids is 1. The van der Waals surface area contributed by atoms with Crippen molar-refractivity contribution in [3.8, 4) is 0 Å². The summed E-state index contributed by atoms with van der Waals surface area (Å²) in [6, 6.07) is 0.